The summed E-state index contributed by atoms with van der Waals surface area (Å²) in [6.07, 6.45) is -1.54. The van der Waals surface area contributed by atoms with E-state index in [0.717, 1.165) is 16.6 Å². The van der Waals surface area contributed by atoms with Crippen molar-refractivity contribution in [3.05, 3.63) is 66.5 Å². The maximum atomic E-state index is 13.6. The van der Waals surface area contributed by atoms with Crippen LogP contribution in [0.25, 0.3) is 27.9 Å². The minimum Gasteiger partial charge on any atom is -0.382 e. The van der Waals surface area contributed by atoms with Gasteiger partial charge in [-0.15, -0.1) is 0 Å². The lowest BCUT2D eigenvalue weighted by molar-refractivity contribution is -0.289. The van der Waals surface area contributed by atoms with E-state index in [4.69, 9.17) is 5.73 Å². The van der Waals surface area contributed by atoms with Gasteiger partial charge in [0.25, 0.3) is 0 Å². The monoisotopic (exact) mass is 503 g/mol. The highest BCUT2D eigenvalue weighted by molar-refractivity contribution is 5.87. The van der Waals surface area contributed by atoms with Gasteiger partial charge < -0.3 is 11.1 Å². The lowest BCUT2D eigenvalue weighted by Gasteiger charge is -2.19. The first-order chi connectivity index (χ1) is 17.1. The Morgan fingerprint density at radius 3 is 2.44 bits per heavy atom. The predicted molar refractivity (Wildman–Crippen MR) is 116 cm³/mol. The number of aromatic nitrogens is 7. The maximum Gasteiger partial charge on any atom is 0.458 e. The molecule has 5 rings (SSSR count). The molecule has 4 heterocycles. The van der Waals surface area contributed by atoms with Gasteiger partial charge in [0, 0.05) is 29.4 Å². The Morgan fingerprint density at radius 2 is 1.72 bits per heavy atom. The number of fused-ring (bicyclic) bond motifs is 2. The Hall–Kier alpha value is -4.69. The number of carbonyl (C=O) groups excluding carboxylic acids is 1. The van der Waals surface area contributed by atoms with Crippen LogP contribution < -0.4 is 11.1 Å². The van der Waals surface area contributed by atoms with Crippen LogP contribution in [0.5, 0.6) is 0 Å². The number of pyridine rings is 1. The highest BCUT2D eigenvalue weighted by Crippen LogP contribution is 2.44. The average Bonchev–Trinajstić information content (AvgIpc) is 3.47. The van der Waals surface area contributed by atoms with Crippen molar-refractivity contribution in [3.63, 3.8) is 0 Å². The molecule has 184 valence electrons. The second-order valence-corrected chi connectivity index (χ2v) is 7.64. The van der Waals surface area contributed by atoms with Gasteiger partial charge in [0.05, 0.1) is 6.20 Å². The Kier molecular flexibility index (Phi) is 5.26. The second kappa shape index (κ2) is 8.21. The van der Waals surface area contributed by atoms with Crippen LogP contribution in [0.1, 0.15) is 11.1 Å². The van der Waals surface area contributed by atoms with E-state index < -0.39 is 23.7 Å². The average molecular weight is 503 g/mol. The standard InChI is InChI=1S/C21H14F5N9O/c22-20(23,21(24,25)26)13-5-12-7-33-35(17(12)28-8-13)19(36)29-6-11-1-3-14(4-2-11)34-10-32-15-16(27)30-9-31-18(15)34/h1-5,7-10H,6H2,(H,29,36)(H2,27,30,31). The smallest absolute Gasteiger partial charge is 0.382 e. The molecular weight excluding hydrogens is 489 g/mol. The Bertz CT molecular complexity index is 1590. The molecule has 0 aliphatic rings. The Morgan fingerprint density at radius 1 is 0.972 bits per heavy atom. The van der Waals surface area contributed by atoms with Crippen LogP contribution >= 0.6 is 0 Å². The summed E-state index contributed by atoms with van der Waals surface area (Å²) in [6.45, 7) is 0.0739. The number of nitrogens with two attached hydrogens (primary N) is 1. The molecule has 1 amide bonds. The van der Waals surface area contributed by atoms with Gasteiger partial charge in [-0.2, -0.15) is 31.7 Å². The number of alkyl halides is 5. The molecular formula is C21H14F5N9O. The number of halogens is 5. The first kappa shape index (κ1) is 23.1. The van der Waals surface area contributed by atoms with Crippen LogP contribution in [0, 0.1) is 0 Å². The molecule has 3 N–H and O–H groups in total. The molecule has 0 aliphatic carbocycles. The number of hydrogen-bond donors (Lipinski definition) is 2. The zero-order valence-electron chi connectivity index (χ0n) is 17.9. The van der Waals surface area contributed by atoms with Crippen LogP contribution in [-0.2, 0) is 12.5 Å². The third-order valence-electron chi connectivity index (χ3n) is 5.34. The van der Waals surface area contributed by atoms with Crippen molar-refractivity contribution in [1.82, 2.24) is 39.6 Å². The number of hydrogen-bond acceptors (Lipinski definition) is 7. The Balaban J connectivity index is 1.30. The summed E-state index contributed by atoms with van der Waals surface area (Å²) in [6, 6.07) is 6.89. The van der Waals surface area contributed by atoms with E-state index in [1.807, 2.05) is 0 Å². The van der Waals surface area contributed by atoms with Gasteiger partial charge in [0.1, 0.15) is 12.7 Å². The molecule has 4 aromatic heterocycles. The van der Waals surface area contributed by atoms with Gasteiger partial charge in [-0.05, 0) is 23.8 Å². The van der Waals surface area contributed by atoms with Crippen molar-refractivity contribution >= 4 is 34.0 Å². The minimum absolute atomic E-state index is 0.0739. The van der Waals surface area contributed by atoms with Crippen LogP contribution in [0.2, 0.25) is 0 Å². The molecule has 0 saturated heterocycles. The molecule has 0 spiro atoms. The molecule has 0 atom stereocenters. The van der Waals surface area contributed by atoms with Gasteiger partial charge in [-0.3, -0.25) is 4.57 Å². The third kappa shape index (κ3) is 3.83. The molecule has 0 saturated carbocycles. The van der Waals surface area contributed by atoms with Crippen LogP contribution in [0.15, 0.2) is 55.4 Å². The quantitative estimate of drug-likeness (QED) is 0.359. The number of imidazole rings is 1. The van der Waals surface area contributed by atoms with Crippen LogP contribution in [-0.4, -0.2) is 46.5 Å². The van der Waals surface area contributed by atoms with E-state index in [9.17, 15) is 26.7 Å². The summed E-state index contributed by atoms with van der Waals surface area (Å²) in [5.41, 5.74) is 6.72. The van der Waals surface area contributed by atoms with Gasteiger partial charge in [-0.1, -0.05) is 12.1 Å². The largest absolute Gasteiger partial charge is 0.458 e. The number of nitrogen functional groups attached to an aromatic ring is 1. The first-order valence-electron chi connectivity index (χ1n) is 10.2. The van der Waals surface area contributed by atoms with E-state index >= 15 is 0 Å². The molecule has 10 nitrogen and oxygen atoms in total. The number of nitrogens with zero attached hydrogens (tertiary/aromatic N) is 7. The molecule has 36 heavy (non-hydrogen) atoms. The zero-order valence-corrected chi connectivity index (χ0v) is 17.9. The summed E-state index contributed by atoms with van der Waals surface area (Å²) in [5, 5.41) is 6.21. The summed E-state index contributed by atoms with van der Waals surface area (Å²) in [7, 11) is 0. The van der Waals surface area contributed by atoms with E-state index in [2.05, 4.69) is 30.4 Å². The number of carbonyl (C=O) groups is 1. The van der Waals surface area contributed by atoms with Gasteiger partial charge in [0.2, 0.25) is 0 Å². The van der Waals surface area contributed by atoms with Crippen molar-refractivity contribution < 1.29 is 26.7 Å². The molecule has 15 heteroatoms. The van der Waals surface area contributed by atoms with Crippen molar-refractivity contribution in [3.8, 4) is 5.69 Å². The van der Waals surface area contributed by atoms with Gasteiger partial charge in [-0.25, -0.2) is 24.7 Å². The van der Waals surface area contributed by atoms with Gasteiger partial charge >= 0.3 is 18.1 Å². The third-order valence-corrected chi connectivity index (χ3v) is 5.34. The molecule has 0 bridgehead atoms. The number of benzene rings is 1. The van der Waals surface area contributed by atoms with Crippen molar-refractivity contribution in [2.45, 2.75) is 18.6 Å². The number of nitrogens with one attached hydrogen (secondary N) is 1. The fourth-order valence-corrected chi connectivity index (χ4v) is 3.47. The van der Waals surface area contributed by atoms with Crippen molar-refractivity contribution in [2.24, 2.45) is 0 Å². The zero-order chi connectivity index (χ0) is 25.7. The first-order valence-corrected chi connectivity index (χ1v) is 10.2. The lowest BCUT2D eigenvalue weighted by Crippen LogP contribution is -2.33. The number of amides is 1. The number of anilines is 1. The van der Waals surface area contributed by atoms with Crippen LogP contribution in [0.4, 0.5) is 32.6 Å². The maximum absolute atomic E-state index is 13.6. The predicted octanol–water partition coefficient (Wildman–Crippen LogP) is 3.55. The molecule has 5 aromatic rings. The SMILES string of the molecule is Nc1ncnc2c1ncn2-c1ccc(CNC(=O)n2ncc3cc(C(F)(F)C(F)(F)F)cnc32)cc1. The summed E-state index contributed by atoms with van der Waals surface area (Å²) in [5.74, 6) is -4.84. The summed E-state index contributed by atoms with van der Waals surface area (Å²) >= 11 is 0. The summed E-state index contributed by atoms with van der Waals surface area (Å²) in [4.78, 5) is 28.4. The fraction of sp³-hybridized carbons (Fsp3) is 0.143. The molecule has 0 fully saturated rings. The number of rotatable bonds is 4. The molecule has 1 aromatic carbocycles. The van der Waals surface area contributed by atoms with E-state index in [-0.39, 0.29) is 23.4 Å². The van der Waals surface area contributed by atoms with Crippen LogP contribution in [0.3, 0.4) is 0 Å². The second-order valence-electron chi connectivity index (χ2n) is 7.64. The molecule has 0 radical (unpaired) electrons. The fourth-order valence-electron chi connectivity index (χ4n) is 3.47. The summed E-state index contributed by atoms with van der Waals surface area (Å²) < 4.78 is 67.6. The van der Waals surface area contributed by atoms with Gasteiger partial charge in [0.15, 0.2) is 22.6 Å². The lowest BCUT2D eigenvalue weighted by atomic mass is 10.1. The van der Waals surface area contributed by atoms with E-state index in [1.165, 1.54) is 6.33 Å². The minimum atomic E-state index is -5.78. The highest BCUT2D eigenvalue weighted by atomic mass is 19.4. The topological polar surface area (TPSA) is 129 Å². The Labute approximate surface area is 197 Å². The van der Waals surface area contributed by atoms with E-state index in [1.54, 1.807) is 35.2 Å². The van der Waals surface area contributed by atoms with Crippen molar-refractivity contribution in [2.75, 3.05) is 5.73 Å². The van der Waals surface area contributed by atoms with E-state index in [0.29, 0.717) is 29.0 Å². The normalized spacial score (nSPS) is 12.4. The highest BCUT2D eigenvalue weighted by Gasteiger charge is 2.59. The molecule has 0 aliphatic heterocycles. The van der Waals surface area contributed by atoms with Crippen molar-refractivity contribution in [1.29, 1.82) is 0 Å². The molecule has 0 unspecified atom stereocenters.